The van der Waals surface area contributed by atoms with Crippen LogP contribution in [0.2, 0.25) is 5.02 Å². The molecule has 1 N–H and O–H groups in total. The summed E-state index contributed by atoms with van der Waals surface area (Å²) >= 11 is 10.5. The molecule has 52 heavy (non-hydrogen) atoms. The van der Waals surface area contributed by atoms with Crippen LogP contribution in [0.15, 0.2) is 73.8 Å². The van der Waals surface area contributed by atoms with Gasteiger partial charge in [0.2, 0.25) is 11.8 Å². The molecule has 3 aliphatic rings. The van der Waals surface area contributed by atoms with E-state index in [9.17, 15) is 24.3 Å². The van der Waals surface area contributed by atoms with E-state index in [0.29, 0.717) is 48.4 Å². The maximum absolute atomic E-state index is 15.0. The predicted octanol–water partition coefficient (Wildman–Crippen LogP) is 6.18. The van der Waals surface area contributed by atoms with Gasteiger partial charge in [0.1, 0.15) is 17.7 Å². The van der Waals surface area contributed by atoms with Gasteiger partial charge >= 0.3 is 5.97 Å². The zero-order chi connectivity index (χ0) is 37.7. The van der Waals surface area contributed by atoms with Crippen molar-refractivity contribution in [3.05, 3.63) is 90.0 Å². The van der Waals surface area contributed by atoms with Crippen molar-refractivity contribution < 1.29 is 33.8 Å². The van der Waals surface area contributed by atoms with Gasteiger partial charge in [-0.3, -0.25) is 19.2 Å². The summed E-state index contributed by atoms with van der Waals surface area (Å²) in [6, 6.07) is 13.0. The number of hydrogen-bond acceptors (Lipinski definition) is 7. The smallest absolute Gasteiger partial charge is 0.313 e. The minimum atomic E-state index is -1.33. The van der Waals surface area contributed by atoms with Crippen LogP contribution in [0.1, 0.15) is 62.7 Å². The first kappa shape index (κ1) is 39.7. The summed E-state index contributed by atoms with van der Waals surface area (Å²) in [4.78, 5) is 61.7. The number of allylic oxidation sites excluding steroid dienone is 1. The number of fused-ring (bicyclic) bond motifs is 1. The number of halogens is 2. The molecule has 3 aliphatic heterocycles. The molecular formula is C40H49BrClN3O7. The van der Waals surface area contributed by atoms with Crippen LogP contribution >= 0.6 is 27.5 Å². The Hall–Kier alpha value is -3.51. The first-order valence-corrected chi connectivity index (χ1v) is 19.2. The van der Waals surface area contributed by atoms with E-state index in [0.717, 1.165) is 5.56 Å². The Labute approximate surface area is 319 Å². The van der Waals surface area contributed by atoms with Crippen molar-refractivity contribution in [2.75, 3.05) is 31.6 Å². The quantitative estimate of drug-likeness (QED) is 0.0881. The first-order valence-electron chi connectivity index (χ1n) is 18.0. The SMILES string of the molecule is C=CCCC(=O)N(C)[C@@H](C)[C@@H](OC(=O)[C@@H]1[C@H]2O[C@@]3(CC2Br)[C@H](C(=O)N(CC=C)c2c(C)cccc2Cl)N(CCCCCO)C(=O)[C@@H]13)c1ccccc1. The number of aliphatic hydroxyl groups excluding tert-OH is 1. The Kier molecular flexibility index (Phi) is 13.0. The van der Waals surface area contributed by atoms with Crippen molar-refractivity contribution in [3.8, 4) is 0 Å². The number of carbonyl (C=O) groups excluding carboxylic acids is 4. The van der Waals surface area contributed by atoms with E-state index in [1.54, 1.807) is 40.0 Å². The number of nitrogens with zero attached hydrogens (tertiary/aromatic N) is 3. The fraction of sp³-hybridized carbons (Fsp3) is 0.500. The normalized spacial score (nSPS) is 25.7. The van der Waals surface area contributed by atoms with Gasteiger partial charge in [-0.15, -0.1) is 13.2 Å². The zero-order valence-corrected chi connectivity index (χ0v) is 32.4. The molecule has 8 atom stereocenters. The van der Waals surface area contributed by atoms with Crippen LogP contribution in [-0.4, -0.2) is 94.0 Å². The lowest BCUT2D eigenvalue weighted by Gasteiger charge is -2.38. The van der Waals surface area contributed by atoms with Crippen LogP contribution in [0.4, 0.5) is 5.69 Å². The number of unbranched alkanes of at least 4 members (excludes halogenated alkanes) is 2. The molecule has 0 aliphatic carbocycles. The monoisotopic (exact) mass is 797 g/mol. The first-order chi connectivity index (χ1) is 24.9. The number of likely N-dealkylation sites (tertiary alicyclic amines) is 1. The van der Waals surface area contributed by atoms with E-state index in [2.05, 4.69) is 29.1 Å². The highest BCUT2D eigenvalue weighted by Crippen LogP contribution is 2.61. The Morgan fingerprint density at radius 2 is 1.87 bits per heavy atom. The number of carbonyl (C=O) groups is 4. The molecule has 0 radical (unpaired) electrons. The van der Waals surface area contributed by atoms with Gasteiger partial charge < -0.3 is 29.3 Å². The van der Waals surface area contributed by atoms with E-state index < -0.39 is 47.7 Å². The van der Waals surface area contributed by atoms with Crippen LogP contribution in [0.25, 0.3) is 0 Å². The average Bonchev–Trinajstić information content (AvgIpc) is 3.73. The number of aliphatic hydroxyl groups is 1. The molecule has 3 fully saturated rings. The number of aryl methyl sites for hydroxylation is 1. The van der Waals surface area contributed by atoms with Gasteiger partial charge in [0.05, 0.1) is 34.7 Å². The van der Waals surface area contributed by atoms with E-state index in [1.807, 2.05) is 56.3 Å². The standard InChI is InChI=1S/C40H49BrClN3O7/c1-6-8-20-30(47)43(5)26(4)34(27-17-11-9-12-18-27)51-39(50)31-32-37(48)45(22-13-10-14-23-46)36(40(32)24-28(41)35(31)52-40)38(49)44(21-7-2)33-25(3)16-15-19-29(33)42/h6-7,9,11-12,15-19,26,28,31-32,34-36,46H,1-2,8,10,13-14,20-24H2,3-5H3/t26-,28?,31-,32+,34+,35-,36-,40+/m0/s1. The third-order valence-electron chi connectivity index (χ3n) is 10.8. The number of rotatable bonds is 17. The number of para-hydroxylation sites is 1. The second-order valence-corrected chi connectivity index (χ2v) is 15.5. The number of likely N-dealkylation sites (N-methyl/N-ethyl adjacent to an activating group) is 1. The fourth-order valence-electron chi connectivity index (χ4n) is 8.15. The van der Waals surface area contributed by atoms with Crippen molar-refractivity contribution in [1.82, 2.24) is 9.80 Å². The van der Waals surface area contributed by atoms with Crippen LogP contribution in [0.5, 0.6) is 0 Å². The van der Waals surface area contributed by atoms with Gasteiger partial charge in [-0.1, -0.05) is 82.1 Å². The summed E-state index contributed by atoms with van der Waals surface area (Å²) in [7, 11) is 1.69. The molecule has 5 rings (SSSR count). The molecule has 2 bridgehead atoms. The summed E-state index contributed by atoms with van der Waals surface area (Å²) in [5, 5.41) is 9.81. The van der Waals surface area contributed by atoms with Gasteiger partial charge in [-0.05, 0) is 63.1 Å². The van der Waals surface area contributed by atoms with Crippen molar-refractivity contribution >= 4 is 56.9 Å². The van der Waals surface area contributed by atoms with E-state index in [1.165, 1.54) is 0 Å². The molecule has 1 spiro atoms. The lowest BCUT2D eigenvalue weighted by atomic mass is 9.70. The van der Waals surface area contributed by atoms with Gasteiger partial charge in [0.25, 0.3) is 5.91 Å². The largest absolute Gasteiger partial charge is 0.455 e. The Bertz CT molecular complexity index is 1640. The topological polar surface area (TPSA) is 117 Å². The van der Waals surface area contributed by atoms with E-state index in [4.69, 9.17) is 21.1 Å². The van der Waals surface area contributed by atoms with Crippen LogP contribution in [0, 0.1) is 18.8 Å². The number of amides is 3. The third-order valence-corrected chi connectivity index (χ3v) is 11.9. The van der Waals surface area contributed by atoms with Crippen LogP contribution < -0.4 is 4.90 Å². The molecule has 3 heterocycles. The summed E-state index contributed by atoms with van der Waals surface area (Å²) in [6.45, 7) is 11.7. The molecule has 0 saturated carbocycles. The molecule has 3 amide bonds. The Morgan fingerprint density at radius 3 is 2.52 bits per heavy atom. The molecule has 2 aromatic rings. The number of hydrogen-bond donors (Lipinski definition) is 1. The molecule has 12 heteroatoms. The molecule has 2 aromatic carbocycles. The third kappa shape index (κ3) is 7.47. The molecule has 3 saturated heterocycles. The van der Waals surface area contributed by atoms with Gasteiger partial charge in [-0.2, -0.15) is 0 Å². The number of alkyl halides is 1. The summed E-state index contributed by atoms with van der Waals surface area (Å²) in [5.41, 5.74) is 0.675. The van der Waals surface area contributed by atoms with Crippen molar-refractivity contribution in [2.24, 2.45) is 11.8 Å². The van der Waals surface area contributed by atoms with Crippen molar-refractivity contribution in [1.29, 1.82) is 0 Å². The van der Waals surface area contributed by atoms with Gasteiger partial charge in [0, 0.05) is 38.0 Å². The number of benzene rings is 2. The Balaban J connectivity index is 1.53. The van der Waals surface area contributed by atoms with Crippen molar-refractivity contribution in [2.45, 2.75) is 87.1 Å². The molecule has 0 aromatic heterocycles. The number of ether oxygens (including phenoxy) is 2. The van der Waals surface area contributed by atoms with Crippen molar-refractivity contribution in [3.63, 3.8) is 0 Å². The molecular weight excluding hydrogens is 750 g/mol. The maximum Gasteiger partial charge on any atom is 0.313 e. The molecule has 1 unspecified atom stereocenters. The lowest BCUT2D eigenvalue weighted by Crippen LogP contribution is -2.57. The fourth-order valence-corrected chi connectivity index (χ4v) is 9.41. The lowest BCUT2D eigenvalue weighted by molar-refractivity contribution is -0.164. The summed E-state index contributed by atoms with van der Waals surface area (Å²) in [6.07, 6.45) is 4.57. The van der Waals surface area contributed by atoms with Gasteiger partial charge in [-0.25, -0.2) is 0 Å². The van der Waals surface area contributed by atoms with Crippen LogP contribution in [-0.2, 0) is 28.7 Å². The average molecular weight is 799 g/mol. The summed E-state index contributed by atoms with van der Waals surface area (Å²) < 4.78 is 13.1. The van der Waals surface area contributed by atoms with Crippen LogP contribution in [0.3, 0.4) is 0 Å². The summed E-state index contributed by atoms with van der Waals surface area (Å²) in [5.74, 6) is -3.46. The highest BCUT2D eigenvalue weighted by atomic mass is 79.9. The predicted molar refractivity (Wildman–Crippen MR) is 204 cm³/mol. The highest BCUT2D eigenvalue weighted by Gasteiger charge is 2.77. The molecule has 10 nitrogen and oxygen atoms in total. The minimum Gasteiger partial charge on any atom is -0.455 e. The molecule has 280 valence electrons. The number of anilines is 1. The zero-order valence-electron chi connectivity index (χ0n) is 30.1. The minimum absolute atomic E-state index is 0.0157. The Morgan fingerprint density at radius 1 is 1.13 bits per heavy atom. The number of esters is 1. The second-order valence-electron chi connectivity index (χ2n) is 14.0. The van der Waals surface area contributed by atoms with E-state index >= 15 is 0 Å². The second kappa shape index (κ2) is 17.1. The van der Waals surface area contributed by atoms with E-state index in [-0.39, 0.29) is 48.7 Å². The maximum atomic E-state index is 15.0. The van der Waals surface area contributed by atoms with Gasteiger partial charge in [0.15, 0.2) is 0 Å². The highest BCUT2D eigenvalue weighted by molar-refractivity contribution is 9.09.